The number of aliphatic hydroxyl groups is 1. The monoisotopic (exact) mass is 713 g/mol. The third-order valence-corrected chi connectivity index (χ3v) is 8.39. The second-order valence-corrected chi connectivity index (χ2v) is 12.4. The molecule has 46 heavy (non-hydrogen) atoms. The fourth-order valence-corrected chi connectivity index (χ4v) is 5.88. The number of ether oxygens (including phenoxy) is 1. The van der Waals surface area contributed by atoms with Crippen molar-refractivity contribution in [1.29, 1.82) is 0 Å². The van der Waals surface area contributed by atoms with Crippen molar-refractivity contribution in [2.45, 2.75) is 18.2 Å². The third-order valence-electron chi connectivity index (χ3n) is 7.29. The number of β-lactam (4-membered cyclic amide) rings is 1. The van der Waals surface area contributed by atoms with E-state index in [0.29, 0.717) is 20.9 Å². The maximum absolute atomic E-state index is 13.8. The summed E-state index contributed by atoms with van der Waals surface area (Å²) in [5.74, 6) is -4.90. The number of nitro groups is 1. The summed E-state index contributed by atoms with van der Waals surface area (Å²) in [6, 6.07) is 17.1. The van der Waals surface area contributed by atoms with Crippen LogP contribution in [0.1, 0.15) is 37.9 Å². The summed E-state index contributed by atoms with van der Waals surface area (Å²) in [6.07, 6.45) is -0.267. The smallest absolute Gasteiger partial charge is 0.359 e. The molecule has 0 saturated carbocycles. The summed E-state index contributed by atoms with van der Waals surface area (Å²) in [5, 5.41) is 21.8. The van der Waals surface area contributed by atoms with Crippen LogP contribution < -0.4 is 0 Å². The number of alkyl halides is 1. The number of amides is 3. The van der Waals surface area contributed by atoms with E-state index in [2.05, 4.69) is 15.9 Å². The Hall–Kier alpha value is -4.93. The highest BCUT2D eigenvalue weighted by molar-refractivity contribution is 9.09. The lowest BCUT2D eigenvalue weighted by Gasteiger charge is -2.49. The van der Waals surface area contributed by atoms with Crippen LogP contribution in [0, 0.1) is 10.1 Å². The van der Waals surface area contributed by atoms with E-state index in [1.807, 2.05) is 0 Å². The van der Waals surface area contributed by atoms with Crippen molar-refractivity contribution in [3.05, 3.63) is 123 Å². The highest BCUT2D eigenvalue weighted by Crippen LogP contribution is 2.38. The lowest BCUT2D eigenvalue weighted by atomic mass is 9.92. The Kier molecular flexibility index (Phi) is 9.05. The van der Waals surface area contributed by atoms with Gasteiger partial charge in [-0.1, -0.05) is 76.6 Å². The first-order valence-corrected chi connectivity index (χ1v) is 16.4. The average Bonchev–Trinajstić information content (AvgIpc) is 3.28. The number of aliphatic hydroxyl groups excluding tert-OH is 1. The molecule has 0 aliphatic carbocycles. The lowest BCUT2D eigenvalue weighted by Crippen LogP contribution is -2.73. The van der Waals surface area contributed by atoms with Gasteiger partial charge in [-0.15, -0.1) is 0 Å². The molecular formula is C30H24BrN3O11S. The van der Waals surface area contributed by atoms with Crippen LogP contribution in [0.15, 0.2) is 90.3 Å². The zero-order valence-electron chi connectivity index (χ0n) is 23.8. The first kappa shape index (κ1) is 32.5. The third kappa shape index (κ3) is 6.14. The van der Waals surface area contributed by atoms with Gasteiger partial charge in [0.25, 0.3) is 33.5 Å². The van der Waals surface area contributed by atoms with Crippen molar-refractivity contribution >= 4 is 55.4 Å². The standard InChI is InChI=1S/C30H24BrN3O11S/c1-46(42,43)44-16-22-24(33-27(36)20-13-12-19(34(40)41)14-21(20)28(33)37)29(38)32(22)25(23(35)15-31)30(39)45-26(17-8-4-2-5-9-17)18-10-6-3-7-11-18/h2-14,22,24,26,35H,15-16H2,1H3/b25-23-/t22-,24+/m1/s1. The molecule has 0 spiro atoms. The topological polar surface area (TPSA) is 191 Å². The number of imide groups is 1. The van der Waals surface area contributed by atoms with Gasteiger partial charge in [-0.2, -0.15) is 8.42 Å². The SMILES string of the molecule is CS(=O)(=O)OC[C@@H]1[C@H](N2C(=O)c3ccc([N+](=O)[O-])cc3C2=O)C(=O)N1/C(C(=O)OC(c1ccccc1)c1ccccc1)=C(\O)CBr. The molecular weight excluding hydrogens is 690 g/mol. The fourth-order valence-electron chi connectivity index (χ4n) is 5.23. The molecule has 2 aliphatic rings. The van der Waals surface area contributed by atoms with Gasteiger partial charge in [0.1, 0.15) is 11.8 Å². The summed E-state index contributed by atoms with van der Waals surface area (Å²) in [5.41, 5.74) is -0.572. The first-order valence-electron chi connectivity index (χ1n) is 13.5. The van der Waals surface area contributed by atoms with Crippen LogP contribution in [0.3, 0.4) is 0 Å². The summed E-state index contributed by atoms with van der Waals surface area (Å²) < 4.78 is 34.7. The molecule has 2 aliphatic heterocycles. The maximum atomic E-state index is 13.8. The zero-order chi connectivity index (χ0) is 33.3. The van der Waals surface area contributed by atoms with Crippen LogP contribution in [0.4, 0.5) is 5.69 Å². The van der Waals surface area contributed by atoms with Gasteiger partial charge in [-0.25, -0.2) is 4.79 Å². The fraction of sp³-hybridized carbons (Fsp3) is 0.200. The van der Waals surface area contributed by atoms with E-state index >= 15 is 0 Å². The second-order valence-electron chi connectivity index (χ2n) is 10.2. The molecule has 1 fully saturated rings. The number of benzene rings is 3. The molecule has 0 aromatic heterocycles. The van der Waals surface area contributed by atoms with Gasteiger partial charge >= 0.3 is 5.97 Å². The number of halogens is 1. The number of hydrogen-bond acceptors (Lipinski definition) is 11. The summed E-state index contributed by atoms with van der Waals surface area (Å²) in [4.78, 5) is 66.1. The molecule has 238 valence electrons. The van der Waals surface area contributed by atoms with Gasteiger partial charge in [0.05, 0.1) is 40.3 Å². The number of rotatable bonds is 11. The highest BCUT2D eigenvalue weighted by atomic mass is 79.9. The average molecular weight is 715 g/mol. The van der Waals surface area contributed by atoms with Gasteiger partial charge < -0.3 is 9.84 Å². The molecule has 5 rings (SSSR count). The Bertz CT molecular complexity index is 1840. The number of hydrogen-bond donors (Lipinski definition) is 1. The van der Waals surface area contributed by atoms with Crippen molar-refractivity contribution in [2.75, 3.05) is 18.2 Å². The Labute approximate surface area is 270 Å². The van der Waals surface area contributed by atoms with Crippen LogP contribution in [0.5, 0.6) is 0 Å². The number of non-ortho nitro benzene ring substituents is 1. The Balaban J connectivity index is 1.52. The number of likely N-dealkylation sites (tertiary alicyclic amines) is 1. The van der Waals surface area contributed by atoms with E-state index < -0.39 is 80.7 Å². The number of esters is 1. The molecule has 16 heteroatoms. The Morgan fingerprint density at radius 2 is 1.54 bits per heavy atom. The van der Waals surface area contributed by atoms with Crippen molar-refractivity contribution in [3.63, 3.8) is 0 Å². The number of carbonyl (C=O) groups is 4. The molecule has 3 amide bonds. The van der Waals surface area contributed by atoms with E-state index in [1.165, 1.54) is 0 Å². The van der Waals surface area contributed by atoms with E-state index in [-0.39, 0.29) is 16.5 Å². The van der Waals surface area contributed by atoms with Crippen molar-refractivity contribution in [2.24, 2.45) is 0 Å². The van der Waals surface area contributed by atoms with Gasteiger partial charge in [-0.3, -0.25) is 38.5 Å². The van der Waals surface area contributed by atoms with Gasteiger partial charge in [0, 0.05) is 12.1 Å². The number of carbonyl (C=O) groups excluding carboxylic acids is 4. The maximum Gasteiger partial charge on any atom is 0.359 e. The second kappa shape index (κ2) is 12.8. The minimum absolute atomic E-state index is 0.211. The van der Waals surface area contributed by atoms with E-state index in [9.17, 15) is 42.8 Å². The predicted octanol–water partition coefficient (Wildman–Crippen LogP) is 3.24. The number of nitro benzene ring substituents is 1. The molecule has 3 aromatic rings. The Morgan fingerprint density at radius 3 is 2.07 bits per heavy atom. The van der Waals surface area contributed by atoms with Gasteiger partial charge in [0.15, 0.2) is 11.8 Å². The Morgan fingerprint density at radius 1 is 0.978 bits per heavy atom. The normalized spacial score (nSPS) is 18.3. The summed E-state index contributed by atoms with van der Waals surface area (Å²) in [7, 11) is -4.15. The lowest BCUT2D eigenvalue weighted by molar-refractivity contribution is -0.384. The van der Waals surface area contributed by atoms with Gasteiger partial charge in [-0.05, 0) is 17.2 Å². The first-order chi connectivity index (χ1) is 21.8. The van der Waals surface area contributed by atoms with Crippen molar-refractivity contribution in [3.8, 4) is 0 Å². The summed E-state index contributed by atoms with van der Waals surface area (Å²) in [6.45, 7) is -0.823. The van der Waals surface area contributed by atoms with Crippen LogP contribution in [0.25, 0.3) is 0 Å². The quantitative estimate of drug-likeness (QED) is 0.0353. The molecule has 0 unspecified atom stereocenters. The molecule has 2 atom stereocenters. The van der Waals surface area contributed by atoms with E-state index in [0.717, 1.165) is 24.5 Å². The van der Waals surface area contributed by atoms with Crippen LogP contribution in [-0.2, 0) is 28.6 Å². The molecule has 14 nitrogen and oxygen atoms in total. The van der Waals surface area contributed by atoms with Crippen LogP contribution in [-0.4, -0.2) is 82.2 Å². The van der Waals surface area contributed by atoms with Crippen molar-refractivity contribution in [1.82, 2.24) is 9.80 Å². The largest absolute Gasteiger partial charge is 0.509 e. The van der Waals surface area contributed by atoms with E-state index in [1.54, 1.807) is 60.7 Å². The summed E-state index contributed by atoms with van der Waals surface area (Å²) >= 11 is 3.06. The number of nitrogens with zero attached hydrogens (tertiary/aromatic N) is 3. The van der Waals surface area contributed by atoms with Crippen LogP contribution >= 0.6 is 15.9 Å². The molecule has 2 heterocycles. The minimum atomic E-state index is -4.15. The minimum Gasteiger partial charge on any atom is -0.509 e. The molecule has 1 saturated heterocycles. The van der Waals surface area contributed by atoms with Crippen LogP contribution in [0.2, 0.25) is 0 Å². The van der Waals surface area contributed by atoms with Gasteiger partial charge in [0.2, 0.25) is 0 Å². The number of fused-ring (bicyclic) bond motifs is 1. The van der Waals surface area contributed by atoms with E-state index in [4.69, 9.17) is 8.92 Å². The molecule has 0 bridgehead atoms. The number of allylic oxidation sites excluding steroid dienone is 1. The molecule has 1 N–H and O–H groups in total. The molecule has 3 aromatic carbocycles. The zero-order valence-corrected chi connectivity index (χ0v) is 26.2. The van der Waals surface area contributed by atoms with Crippen molar-refractivity contribution < 1.29 is 46.5 Å². The predicted molar refractivity (Wildman–Crippen MR) is 163 cm³/mol. The highest BCUT2D eigenvalue weighted by Gasteiger charge is 2.59. The molecule has 0 radical (unpaired) electrons.